The molecule has 0 aliphatic carbocycles. The summed E-state index contributed by atoms with van der Waals surface area (Å²) < 4.78 is 12.7. The van der Waals surface area contributed by atoms with Crippen LogP contribution in [0.3, 0.4) is 0 Å². The lowest BCUT2D eigenvalue weighted by molar-refractivity contribution is -0.118. The van der Waals surface area contributed by atoms with E-state index < -0.39 is 0 Å². The Labute approximate surface area is 197 Å². The Bertz CT molecular complexity index is 1030. The number of hydrogen-bond donors (Lipinski definition) is 2. The SMILES string of the molecule is COc1cc(CNc2ccc(Br)c(Cl)c2)cc(Br)c1OCC(=O)Nc1ccccc1. The van der Waals surface area contributed by atoms with Crippen LogP contribution in [0.5, 0.6) is 11.5 Å². The molecule has 0 aliphatic rings. The smallest absolute Gasteiger partial charge is 0.262 e. The van der Waals surface area contributed by atoms with Gasteiger partial charge in [-0.15, -0.1) is 0 Å². The minimum atomic E-state index is -0.256. The molecule has 0 saturated heterocycles. The quantitative estimate of drug-likeness (QED) is 0.334. The number of carbonyl (C=O) groups excluding carboxylic acids is 1. The highest BCUT2D eigenvalue weighted by molar-refractivity contribution is 9.10. The van der Waals surface area contributed by atoms with Gasteiger partial charge in [0.15, 0.2) is 18.1 Å². The fourth-order valence-electron chi connectivity index (χ4n) is 2.68. The van der Waals surface area contributed by atoms with Crippen LogP contribution in [0.15, 0.2) is 69.6 Å². The summed E-state index contributed by atoms with van der Waals surface area (Å²) in [6.45, 7) is 0.417. The normalized spacial score (nSPS) is 10.4. The molecule has 0 heterocycles. The molecule has 3 aromatic carbocycles. The van der Waals surface area contributed by atoms with Crippen LogP contribution < -0.4 is 20.1 Å². The van der Waals surface area contributed by atoms with Crippen LogP contribution in [-0.2, 0) is 11.3 Å². The van der Waals surface area contributed by atoms with Crippen molar-refractivity contribution in [3.05, 3.63) is 80.2 Å². The van der Waals surface area contributed by atoms with Crippen molar-refractivity contribution >= 4 is 60.7 Å². The van der Waals surface area contributed by atoms with E-state index >= 15 is 0 Å². The Hall–Kier alpha value is -2.22. The molecule has 0 atom stereocenters. The maximum absolute atomic E-state index is 12.2. The number of amides is 1. The van der Waals surface area contributed by atoms with E-state index in [-0.39, 0.29) is 12.5 Å². The van der Waals surface area contributed by atoms with Crippen LogP contribution in [-0.4, -0.2) is 19.6 Å². The Morgan fingerprint density at radius 3 is 2.47 bits per heavy atom. The molecule has 5 nitrogen and oxygen atoms in total. The van der Waals surface area contributed by atoms with Crippen LogP contribution in [0, 0.1) is 0 Å². The molecule has 0 unspecified atom stereocenters. The monoisotopic (exact) mass is 552 g/mol. The Kier molecular flexibility index (Phi) is 8.01. The van der Waals surface area contributed by atoms with Gasteiger partial charge in [-0.25, -0.2) is 0 Å². The highest BCUT2D eigenvalue weighted by Gasteiger charge is 2.14. The third-order valence-corrected chi connectivity index (χ3v) is 5.93. The van der Waals surface area contributed by atoms with Crippen LogP contribution in [0.1, 0.15) is 5.56 Å². The molecular formula is C22H19Br2ClN2O3. The van der Waals surface area contributed by atoms with Gasteiger partial charge in [0.2, 0.25) is 0 Å². The number of ether oxygens (including phenoxy) is 2. The number of halogens is 3. The fourth-order valence-corrected chi connectivity index (χ4v) is 3.71. The number of rotatable bonds is 8. The molecule has 0 aromatic heterocycles. The largest absolute Gasteiger partial charge is 0.493 e. The van der Waals surface area contributed by atoms with Gasteiger partial charge in [-0.3, -0.25) is 4.79 Å². The lowest BCUT2D eigenvalue weighted by Crippen LogP contribution is -2.20. The first-order chi connectivity index (χ1) is 14.5. The predicted octanol–water partition coefficient (Wildman–Crippen LogP) is 6.50. The average Bonchev–Trinajstić information content (AvgIpc) is 2.74. The Morgan fingerprint density at radius 1 is 1.00 bits per heavy atom. The van der Waals surface area contributed by atoms with Crippen molar-refractivity contribution in [1.29, 1.82) is 0 Å². The highest BCUT2D eigenvalue weighted by Crippen LogP contribution is 2.37. The van der Waals surface area contributed by atoms with Gasteiger partial charge in [-0.05, 0) is 79.9 Å². The first-order valence-corrected chi connectivity index (χ1v) is 11.0. The molecule has 0 fully saturated rings. The maximum Gasteiger partial charge on any atom is 0.262 e. The standard InChI is InChI=1S/C22H19Br2ClN2O3/c1-29-20-10-14(12-26-16-7-8-17(23)19(25)11-16)9-18(24)22(20)30-13-21(28)27-15-5-3-2-4-6-15/h2-11,26H,12-13H2,1H3,(H,27,28). The van der Waals surface area contributed by atoms with E-state index in [9.17, 15) is 4.79 Å². The summed E-state index contributed by atoms with van der Waals surface area (Å²) in [5.74, 6) is 0.742. The van der Waals surface area contributed by atoms with Gasteiger partial charge in [0.1, 0.15) is 0 Å². The second-order valence-corrected chi connectivity index (χ2v) is 8.41. The first kappa shape index (κ1) is 22.5. The van der Waals surface area contributed by atoms with E-state index in [1.54, 1.807) is 7.11 Å². The van der Waals surface area contributed by atoms with E-state index in [0.29, 0.717) is 33.2 Å². The van der Waals surface area contributed by atoms with E-state index in [2.05, 4.69) is 42.5 Å². The number of methoxy groups -OCH3 is 1. The summed E-state index contributed by atoms with van der Waals surface area (Å²) in [6.07, 6.45) is 0. The summed E-state index contributed by atoms with van der Waals surface area (Å²) in [6, 6.07) is 18.7. The highest BCUT2D eigenvalue weighted by atomic mass is 79.9. The van der Waals surface area contributed by atoms with Crippen molar-refractivity contribution in [3.8, 4) is 11.5 Å². The van der Waals surface area contributed by atoms with Crippen LogP contribution >= 0.6 is 43.5 Å². The average molecular weight is 555 g/mol. The fraction of sp³-hybridized carbons (Fsp3) is 0.136. The van der Waals surface area contributed by atoms with Gasteiger partial charge in [0, 0.05) is 22.4 Å². The van der Waals surface area contributed by atoms with Crippen LogP contribution in [0.25, 0.3) is 0 Å². The van der Waals surface area contributed by atoms with Gasteiger partial charge in [0.05, 0.1) is 16.6 Å². The van der Waals surface area contributed by atoms with Gasteiger partial charge >= 0.3 is 0 Å². The Balaban J connectivity index is 1.64. The van der Waals surface area contributed by atoms with E-state index in [4.69, 9.17) is 21.1 Å². The Morgan fingerprint density at radius 2 is 1.77 bits per heavy atom. The molecular weight excluding hydrogens is 536 g/mol. The van der Waals surface area contributed by atoms with Crippen molar-refractivity contribution < 1.29 is 14.3 Å². The zero-order valence-corrected chi connectivity index (χ0v) is 20.0. The number of benzene rings is 3. The maximum atomic E-state index is 12.2. The van der Waals surface area contributed by atoms with Crippen LogP contribution in [0.4, 0.5) is 11.4 Å². The molecule has 1 amide bonds. The summed E-state index contributed by atoms with van der Waals surface area (Å²) >= 11 is 13.0. The molecule has 0 radical (unpaired) electrons. The molecule has 0 aliphatic heterocycles. The third-order valence-electron chi connectivity index (χ3n) is 4.11. The van der Waals surface area contributed by atoms with Gasteiger partial charge in [0.25, 0.3) is 5.91 Å². The van der Waals surface area contributed by atoms with Crippen molar-refractivity contribution in [2.75, 3.05) is 24.4 Å². The predicted molar refractivity (Wildman–Crippen MR) is 128 cm³/mol. The zero-order chi connectivity index (χ0) is 21.5. The third kappa shape index (κ3) is 6.14. The minimum absolute atomic E-state index is 0.140. The summed E-state index contributed by atoms with van der Waals surface area (Å²) in [7, 11) is 1.56. The summed E-state index contributed by atoms with van der Waals surface area (Å²) in [4.78, 5) is 12.2. The van der Waals surface area contributed by atoms with E-state index in [1.807, 2.05) is 60.7 Å². The van der Waals surface area contributed by atoms with Crippen molar-refractivity contribution in [3.63, 3.8) is 0 Å². The number of anilines is 2. The molecule has 3 rings (SSSR count). The molecule has 0 bridgehead atoms. The lowest BCUT2D eigenvalue weighted by Gasteiger charge is -2.15. The topological polar surface area (TPSA) is 59.6 Å². The second-order valence-electron chi connectivity index (χ2n) is 6.29. The number of hydrogen-bond acceptors (Lipinski definition) is 4. The minimum Gasteiger partial charge on any atom is -0.493 e. The summed E-state index contributed by atoms with van der Waals surface area (Å²) in [5.41, 5.74) is 2.58. The molecule has 0 spiro atoms. The summed E-state index contributed by atoms with van der Waals surface area (Å²) in [5, 5.41) is 6.74. The number of carbonyl (C=O) groups is 1. The molecule has 30 heavy (non-hydrogen) atoms. The van der Waals surface area contributed by atoms with Crippen LogP contribution in [0.2, 0.25) is 5.02 Å². The van der Waals surface area contributed by atoms with E-state index in [1.165, 1.54) is 0 Å². The zero-order valence-electron chi connectivity index (χ0n) is 16.0. The number of para-hydroxylation sites is 1. The first-order valence-electron chi connectivity index (χ1n) is 8.99. The van der Waals surface area contributed by atoms with Gasteiger partial charge in [-0.1, -0.05) is 29.8 Å². The number of nitrogens with one attached hydrogen (secondary N) is 2. The molecule has 3 aromatic rings. The molecule has 8 heteroatoms. The molecule has 2 N–H and O–H groups in total. The van der Waals surface area contributed by atoms with Gasteiger partial charge in [-0.2, -0.15) is 0 Å². The molecule has 0 saturated carbocycles. The molecule has 156 valence electrons. The second kappa shape index (κ2) is 10.7. The van der Waals surface area contributed by atoms with Crippen molar-refractivity contribution in [2.24, 2.45) is 0 Å². The lowest BCUT2D eigenvalue weighted by atomic mass is 10.2. The van der Waals surface area contributed by atoms with Crippen molar-refractivity contribution in [1.82, 2.24) is 0 Å². The van der Waals surface area contributed by atoms with Crippen molar-refractivity contribution in [2.45, 2.75) is 6.54 Å². The van der Waals surface area contributed by atoms with E-state index in [0.717, 1.165) is 15.7 Å². The van der Waals surface area contributed by atoms with Gasteiger partial charge < -0.3 is 20.1 Å².